The van der Waals surface area contributed by atoms with Crippen molar-refractivity contribution in [1.82, 2.24) is 15.5 Å². The van der Waals surface area contributed by atoms with E-state index in [2.05, 4.69) is 32.7 Å². The van der Waals surface area contributed by atoms with Gasteiger partial charge in [-0.15, -0.1) is 0 Å². The highest BCUT2D eigenvalue weighted by atomic mass is 16.6. The Hall–Kier alpha value is -2.32. The van der Waals surface area contributed by atoms with Crippen LogP contribution in [0.3, 0.4) is 0 Å². The smallest absolute Gasteiger partial charge is 0.407 e. The molecule has 0 spiro atoms. The molecule has 0 aliphatic carbocycles. The van der Waals surface area contributed by atoms with Crippen LogP contribution in [0.25, 0.3) is 0 Å². The number of guanidine groups is 1. The molecule has 2 N–H and O–H groups in total. The summed E-state index contributed by atoms with van der Waals surface area (Å²) in [4.78, 5) is 18.3. The van der Waals surface area contributed by atoms with Crippen molar-refractivity contribution in [2.75, 3.05) is 46.4 Å². The van der Waals surface area contributed by atoms with Gasteiger partial charge in [-0.2, -0.15) is 0 Å². The maximum Gasteiger partial charge on any atom is 0.407 e. The predicted octanol–water partition coefficient (Wildman–Crippen LogP) is 3.17. The molecular weight excluding hydrogens is 408 g/mol. The van der Waals surface area contributed by atoms with E-state index in [1.54, 1.807) is 0 Å². The second-order valence-electron chi connectivity index (χ2n) is 8.85. The molecule has 1 heterocycles. The van der Waals surface area contributed by atoms with Gasteiger partial charge in [0.05, 0.1) is 19.3 Å². The molecule has 1 saturated heterocycles. The largest absolute Gasteiger partial charge is 0.444 e. The van der Waals surface area contributed by atoms with Gasteiger partial charge < -0.3 is 29.7 Å². The van der Waals surface area contributed by atoms with Crippen molar-refractivity contribution in [1.29, 1.82) is 0 Å². The number of amides is 1. The van der Waals surface area contributed by atoms with Crippen LogP contribution >= 0.6 is 0 Å². The molecule has 0 aromatic heterocycles. The Kier molecular flexibility index (Phi) is 11.3. The third-order valence-corrected chi connectivity index (χ3v) is 4.94. The van der Waals surface area contributed by atoms with Gasteiger partial charge in [-0.3, -0.25) is 4.99 Å². The van der Waals surface area contributed by atoms with Crippen LogP contribution in [-0.2, 0) is 20.8 Å². The number of hydrogen-bond acceptors (Lipinski definition) is 5. The first-order valence-corrected chi connectivity index (χ1v) is 11.5. The van der Waals surface area contributed by atoms with Gasteiger partial charge in [0.2, 0.25) is 0 Å². The average Bonchev–Trinajstić information content (AvgIpc) is 2.76. The summed E-state index contributed by atoms with van der Waals surface area (Å²) >= 11 is 0. The van der Waals surface area contributed by atoms with Gasteiger partial charge >= 0.3 is 6.09 Å². The quantitative estimate of drug-likeness (QED) is 0.325. The lowest BCUT2D eigenvalue weighted by molar-refractivity contribution is 0.0169. The molecule has 0 radical (unpaired) electrons. The molecule has 1 aliphatic rings. The lowest BCUT2D eigenvalue weighted by atomic mass is 10.1. The average molecular weight is 449 g/mol. The number of hydrogen-bond donors (Lipinski definition) is 2. The van der Waals surface area contributed by atoms with Crippen LogP contribution in [0.2, 0.25) is 0 Å². The van der Waals surface area contributed by atoms with Gasteiger partial charge in [0.1, 0.15) is 5.60 Å². The highest BCUT2D eigenvalue weighted by molar-refractivity contribution is 5.79. The molecule has 1 aliphatic heterocycles. The van der Waals surface area contributed by atoms with Crippen LogP contribution in [0, 0.1) is 0 Å². The molecule has 8 nitrogen and oxygen atoms in total. The Morgan fingerprint density at radius 3 is 2.47 bits per heavy atom. The van der Waals surface area contributed by atoms with E-state index >= 15 is 0 Å². The normalized spacial score (nSPS) is 15.5. The molecule has 32 heavy (non-hydrogen) atoms. The Balaban J connectivity index is 1.52. The third kappa shape index (κ3) is 10.8. The topological polar surface area (TPSA) is 84.4 Å². The molecule has 180 valence electrons. The molecule has 0 bridgehead atoms. The van der Waals surface area contributed by atoms with E-state index in [4.69, 9.17) is 14.2 Å². The number of carbonyl (C=O) groups is 1. The fraction of sp³-hybridized carbons (Fsp3) is 0.667. The molecule has 0 unspecified atom stereocenters. The number of carbonyl (C=O) groups excluding carboxylic acids is 1. The third-order valence-electron chi connectivity index (χ3n) is 4.94. The van der Waals surface area contributed by atoms with E-state index in [1.807, 2.05) is 46.0 Å². The SMILES string of the molecule is CN=C(NCCOCc1ccccc1)N1CCC(OCCCNC(=O)OC(C)(C)C)CC1. The summed E-state index contributed by atoms with van der Waals surface area (Å²) in [5.74, 6) is 0.910. The van der Waals surface area contributed by atoms with Crippen molar-refractivity contribution in [3.8, 4) is 0 Å². The zero-order valence-electron chi connectivity index (χ0n) is 20.1. The standard InChI is InChI=1S/C24H40N4O4/c1-24(2,3)32-23(29)27-13-8-17-31-21-11-15-28(16-12-21)22(25-4)26-14-18-30-19-20-9-6-5-7-10-20/h5-7,9-10,21H,8,11-19H2,1-4H3,(H,25,26)(H,27,29). The van der Waals surface area contributed by atoms with Crippen molar-refractivity contribution in [3.05, 3.63) is 35.9 Å². The number of ether oxygens (including phenoxy) is 3. The molecule has 0 atom stereocenters. The van der Waals surface area contributed by atoms with E-state index in [-0.39, 0.29) is 12.2 Å². The molecule has 8 heteroatoms. The molecule has 1 aromatic carbocycles. The van der Waals surface area contributed by atoms with Crippen molar-refractivity contribution in [2.24, 2.45) is 4.99 Å². The lowest BCUT2D eigenvalue weighted by Gasteiger charge is -2.34. The Bertz CT molecular complexity index is 683. The second-order valence-corrected chi connectivity index (χ2v) is 8.85. The molecule has 1 aromatic rings. The number of nitrogens with zero attached hydrogens (tertiary/aromatic N) is 2. The summed E-state index contributed by atoms with van der Waals surface area (Å²) in [5, 5.41) is 6.15. The van der Waals surface area contributed by atoms with Crippen molar-refractivity contribution >= 4 is 12.1 Å². The number of alkyl carbamates (subject to hydrolysis) is 1. The van der Waals surface area contributed by atoms with Crippen LogP contribution in [0.4, 0.5) is 4.79 Å². The summed E-state index contributed by atoms with van der Waals surface area (Å²) in [6.07, 6.45) is 2.57. The van der Waals surface area contributed by atoms with Crippen LogP contribution in [0.15, 0.2) is 35.3 Å². The minimum atomic E-state index is -0.473. The number of likely N-dealkylation sites (tertiary alicyclic amines) is 1. The molecule has 1 amide bonds. The molecule has 0 saturated carbocycles. The van der Waals surface area contributed by atoms with Gasteiger partial charge in [-0.1, -0.05) is 30.3 Å². The van der Waals surface area contributed by atoms with Gasteiger partial charge in [-0.05, 0) is 45.6 Å². The molecule has 2 rings (SSSR count). The maximum absolute atomic E-state index is 11.6. The van der Waals surface area contributed by atoms with Gasteiger partial charge in [0.25, 0.3) is 0 Å². The summed E-state index contributed by atoms with van der Waals surface area (Å²) < 4.78 is 16.9. The van der Waals surface area contributed by atoms with Crippen LogP contribution in [0.5, 0.6) is 0 Å². The fourth-order valence-corrected chi connectivity index (χ4v) is 3.39. The second kappa shape index (κ2) is 14.0. The summed E-state index contributed by atoms with van der Waals surface area (Å²) in [7, 11) is 1.81. The van der Waals surface area contributed by atoms with Gasteiger partial charge in [0, 0.05) is 39.8 Å². The predicted molar refractivity (Wildman–Crippen MR) is 127 cm³/mol. The van der Waals surface area contributed by atoms with Gasteiger partial charge in [-0.25, -0.2) is 4.79 Å². The highest BCUT2D eigenvalue weighted by Crippen LogP contribution is 2.14. The summed E-state index contributed by atoms with van der Waals surface area (Å²) in [6.45, 7) is 10.5. The Morgan fingerprint density at radius 1 is 1.09 bits per heavy atom. The first-order chi connectivity index (χ1) is 15.4. The fourth-order valence-electron chi connectivity index (χ4n) is 3.39. The van der Waals surface area contributed by atoms with Crippen molar-refractivity contribution in [2.45, 2.75) is 58.3 Å². The van der Waals surface area contributed by atoms with Crippen LogP contribution < -0.4 is 10.6 Å². The van der Waals surface area contributed by atoms with E-state index in [0.29, 0.717) is 26.4 Å². The monoisotopic (exact) mass is 448 g/mol. The van der Waals surface area contributed by atoms with E-state index in [9.17, 15) is 4.79 Å². The van der Waals surface area contributed by atoms with E-state index in [0.717, 1.165) is 44.9 Å². The van der Waals surface area contributed by atoms with Crippen molar-refractivity contribution in [3.63, 3.8) is 0 Å². The highest BCUT2D eigenvalue weighted by Gasteiger charge is 2.22. The lowest BCUT2D eigenvalue weighted by Crippen LogP contribution is -2.47. The first kappa shape index (κ1) is 25.9. The van der Waals surface area contributed by atoms with Gasteiger partial charge in [0.15, 0.2) is 5.96 Å². The number of rotatable bonds is 10. The number of aliphatic imine (C=N–C) groups is 1. The zero-order valence-corrected chi connectivity index (χ0v) is 20.1. The maximum atomic E-state index is 11.6. The van der Waals surface area contributed by atoms with E-state index < -0.39 is 5.60 Å². The van der Waals surface area contributed by atoms with Crippen LogP contribution in [-0.4, -0.2) is 75.1 Å². The Labute approximate surface area is 192 Å². The van der Waals surface area contributed by atoms with Crippen LogP contribution in [0.1, 0.15) is 45.6 Å². The minimum absolute atomic E-state index is 0.250. The summed E-state index contributed by atoms with van der Waals surface area (Å²) in [5.41, 5.74) is 0.707. The minimum Gasteiger partial charge on any atom is -0.444 e. The van der Waals surface area contributed by atoms with Crippen molar-refractivity contribution < 1.29 is 19.0 Å². The Morgan fingerprint density at radius 2 is 1.81 bits per heavy atom. The number of nitrogens with one attached hydrogen (secondary N) is 2. The number of benzene rings is 1. The van der Waals surface area contributed by atoms with E-state index in [1.165, 1.54) is 5.56 Å². The first-order valence-electron chi connectivity index (χ1n) is 11.5. The summed E-state index contributed by atoms with van der Waals surface area (Å²) in [6, 6.07) is 10.2. The zero-order chi connectivity index (χ0) is 23.2. The number of piperidine rings is 1. The molecular formula is C24H40N4O4. The molecule has 1 fully saturated rings.